The molecule has 0 aliphatic heterocycles. The normalized spacial score (nSPS) is 11.1. The van der Waals surface area contributed by atoms with Gasteiger partial charge in [-0.2, -0.15) is 0 Å². The Bertz CT molecular complexity index is 659. The van der Waals surface area contributed by atoms with E-state index in [0.717, 1.165) is 16.2 Å². The van der Waals surface area contributed by atoms with Crippen LogP contribution in [-0.2, 0) is 0 Å². The van der Waals surface area contributed by atoms with Gasteiger partial charge in [-0.25, -0.2) is 9.37 Å². The predicted molar refractivity (Wildman–Crippen MR) is 64.4 cm³/mol. The minimum atomic E-state index is -0.271. The van der Waals surface area contributed by atoms with Crippen molar-refractivity contribution in [1.82, 2.24) is 9.97 Å². The highest BCUT2D eigenvalue weighted by Gasteiger charge is 2.07. The summed E-state index contributed by atoms with van der Waals surface area (Å²) in [6, 6.07) is 8.19. The molecule has 0 bridgehead atoms. The molecule has 0 aliphatic carbocycles. The van der Waals surface area contributed by atoms with Gasteiger partial charge in [0.1, 0.15) is 11.6 Å². The number of aromatic amines is 1. The average Bonchev–Trinajstić information content (AvgIpc) is 2.83. The summed E-state index contributed by atoms with van der Waals surface area (Å²) in [5, 5.41) is 0. The number of H-pyrrole nitrogens is 1. The molecule has 3 aromatic rings. The topological polar surface area (TPSA) is 28.7 Å². The van der Waals surface area contributed by atoms with Crippen LogP contribution in [0.2, 0.25) is 4.34 Å². The van der Waals surface area contributed by atoms with Crippen LogP contribution in [0.15, 0.2) is 30.3 Å². The zero-order valence-corrected chi connectivity index (χ0v) is 9.57. The lowest BCUT2D eigenvalue weighted by Crippen LogP contribution is -1.72. The molecule has 1 aromatic carbocycles. The Balaban J connectivity index is 2.18. The van der Waals surface area contributed by atoms with Crippen LogP contribution in [0.1, 0.15) is 0 Å². The van der Waals surface area contributed by atoms with Crippen molar-refractivity contribution in [3.05, 3.63) is 40.5 Å². The molecule has 0 amide bonds. The molecule has 2 heterocycles. The van der Waals surface area contributed by atoms with Gasteiger partial charge in [0.05, 0.1) is 20.2 Å². The predicted octanol–water partition coefficient (Wildman–Crippen LogP) is 4.08. The number of hydrogen-bond donors (Lipinski definition) is 1. The van der Waals surface area contributed by atoms with E-state index in [2.05, 4.69) is 9.97 Å². The highest BCUT2D eigenvalue weighted by atomic mass is 35.5. The smallest absolute Gasteiger partial charge is 0.148 e. The largest absolute Gasteiger partial charge is 0.337 e. The second-order valence-electron chi connectivity index (χ2n) is 3.35. The maximum Gasteiger partial charge on any atom is 0.148 e. The van der Waals surface area contributed by atoms with E-state index in [0.29, 0.717) is 9.85 Å². The van der Waals surface area contributed by atoms with E-state index in [1.807, 2.05) is 12.1 Å². The summed E-state index contributed by atoms with van der Waals surface area (Å²) in [4.78, 5) is 8.38. The van der Waals surface area contributed by atoms with Gasteiger partial charge in [-0.05, 0) is 30.3 Å². The van der Waals surface area contributed by atoms with Crippen molar-refractivity contribution in [2.24, 2.45) is 0 Å². The zero-order valence-electron chi connectivity index (χ0n) is 8.00. The Kier molecular flexibility index (Phi) is 2.19. The molecule has 0 radical (unpaired) electrons. The van der Waals surface area contributed by atoms with Gasteiger partial charge in [0.15, 0.2) is 0 Å². The van der Waals surface area contributed by atoms with Crippen molar-refractivity contribution in [2.75, 3.05) is 0 Å². The molecule has 0 atom stereocenters. The fourth-order valence-electron chi connectivity index (χ4n) is 1.54. The first-order valence-corrected chi connectivity index (χ1v) is 5.83. The fourth-order valence-corrected chi connectivity index (χ4v) is 2.53. The van der Waals surface area contributed by atoms with Gasteiger partial charge in [-0.1, -0.05) is 11.6 Å². The lowest BCUT2D eigenvalue weighted by atomic mass is 10.3. The van der Waals surface area contributed by atoms with E-state index >= 15 is 0 Å². The number of fused-ring (bicyclic) bond motifs is 1. The van der Waals surface area contributed by atoms with E-state index in [4.69, 9.17) is 11.6 Å². The Morgan fingerprint density at radius 2 is 2.12 bits per heavy atom. The number of imidazole rings is 1. The molecule has 16 heavy (non-hydrogen) atoms. The third kappa shape index (κ3) is 1.60. The van der Waals surface area contributed by atoms with Crippen molar-refractivity contribution >= 4 is 34.0 Å². The number of halogens is 2. The summed E-state index contributed by atoms with van der Waals surface area (Å²) in [6.07, 6.45) is 0. The van der Waals surface area contributed by atoms with Crippen LogP contribution in [0.25, 0.3) is 21.7 Å². The average molecular weight is 253 g/mol. The minimum Gasteiger partial charge on any atom is -0.337 e. The second-order valence-corrected chi connectivity index (χ2v) is 5.07. The second kappa shape index (κ2) is 3.57. The summed E-state index contributed by atoms with van der Waals surface area (Å²) in [7, 11) is 0. The summed E-state index contributed by atoms with van der Waals surface area (Å²) in [6.45, 7) is 0. The molecular formula is C11H6ClFN2S. The summed E-state index contributed by atoms with van der Waals surface area (Å²) < 4.78 is 13.7. The number of hydrogen-bond acceptors (Lipinski definition) is 2. The van der Waals surface area contributed by atoms with Gasteiger partial charge in [0, 0.05) is 0 Å². The monoisotopic (exact) mass is 252 g/mol. The SMILES string of the molecule is Fc1ccc2nc(-c3ccc(Cl)s3)[nH]c2c1. The van der Waals surface area contributed by atoms with Crippen molar-refractivity contribution in [3.8, 4) is 10.7 Å². The highest BCUT2D eigenvalue weighted by molar-refractivity contribution is 7.19. The first kappa shape index (κ1) is 9.81. The van der Waals surface area contributed by atoms with Crippen LogP contribution in [0, 0.1) is 5.82 Å². The number of thiophene rings is 1. The molecule has 0 aliphatic rings. The van der Waals surface area contributed by atoms with Gasteiger partial charge < -0.3 is 4.98 Å². The number of aromatic nitrogens is 2. The Hall–Kier alpha value is -1.39. The number of nitrogens with one attached hydrogen (secondary N) is 1. The molecule has 5 heteroatoms. The first-order valence-electron chi connectivity index (χ1n) is 4.63. The first-order chi connectivity index (χ1) is 7.72. The quantitative estimate of drug-likeness (QED) is 0.694. The van der Waals surface area contributed by atoms with Crippen LogP contribution in [0.5, 0.6) is 0 Å². The number of nitrogens with zero attached hydrogens (tertiary/aromatic N) is 1. The van der Waals surface area contributed by atoms with Crippen LogP contribution in [-0.4, -0.2) is 9.97 Å². The summed E-state index contributed by atoms with van der Waals surface area (Å²) in [5.41, 5.74) is 1.44. The molecule has 0 saturated carbocycles. The van der Waals surface area contributed by atoms with Gasteiger partial charge in [-0.15, -0.1) is 11.3 Å². The molecule has 80 valence electrons. The molecule has 0 unspecified atom stereocenters. The minimum absolute atomic E-state index is 0.271. The summed E-state index contributed by atoms with van der Waals surface area (Å²) in [5.74, 6) is 0.449. The molecule has 0 spiro atoms. The van der Waals surface area contributed by atoms with Crippen molar-refractivity contribution in [3.63, 3.8) is 0 Å². The Morgan fingerprint density at radius 3 is 2.88 bits per heavy atom. The lowest BCUT2D eigenvalue weighted by molar-refractivity contribution is 0.629. The van der Waals surface area contributed by atoms with E-state index in [1.54, 1.807) is 6.07 Å². The molecule has 3 rings (SSSR count). The molecule has 2 nitrogen and oxygen atoms in total. The van der Waals surface area contributed by atoms with E-state index < -0.39 is 0 Å². The van der Waals surface area contributed by atoms with Crippen molar-refractivity contribution < 1.29 is 4.39 Å². The van der Waals surface area contributed by atoms with E-state index in [1.165, 1.54) is 23.5 Å². The molecule has 0 saturated heterocycles. The van der Waals surface area contributed by atoms with Crippen molar-refractivity contribution in [1.29, 1.82) is 0 Å². The standard InChI is InChI=1S/C11H6ClFN2S/c12-10-4-3-9(16-10)11-14-7-2-1-6(13)5-8(7)15-11/h1-5H,(H,14,15). The third-order valence-corrected chi connectivity index (χ3v) is 3.49. The zero-order chi connectivity index (χ0) is 11.1. The van der Waals surface area contributed by atoms with Crippen LogP contribution in [0.3, 0.4) is 0 Å². The Labute approximate surface area is 99.7 Å². The van der Waals surface area contributed by atoms with Gasteiger partial charge in [0.2, 0.25) is 0 Å². The highest BCUT2D eigenvalue weighted by Crippen LogP contribution is 2.30. The van der Waals surface area contributed by atoms with Crippen molar-refractivity contribution in [2.45, 2.75) is 0 Å². The summed E-state index contributed by atoms with van der Waals surface area (Å²) >= 11 is 7.29. The number of benzene rings is 1. The lowest BCUT2D eigenvalue weighted by Gasteiger charge is -1.87. The fraction of sp³-hybridized carbons (Fsp3) is 0. The molecule has 0 fully saturated rings. The van der Waals surface area contributed by atoms with Gasteiger partial charge in [0.25, 0.3) is 0 Å². The van der Waals surface area contributed by atoms with Gasteiger partial charge in [-0.3, -0.25) is 0 Å². The number of rotatable bonds is 1. The van der Waals surface area contributed by atoms with Crippen LogP contribution < -0.4 is 0 Å². The third-order valence-electron chi connectivity index (χ3n) is 2.25. The van der Waals surface area contributed by atoms with Crippen LogP contribution in [0.4, 0.5) is 4.39 Å². The molecule has 1 N–H and O–H groups in total. The Morgan fingerprint density at radius 1 is 1.25 bits per heavy atom. The maximum absolute atomic E-state index is 13.0. The van der Waals surface area contributed by atoms with Gasteiger partial charge >= 0.3 is 0 Å². The van der Waals surface area contributed by atoms with Crippen LogP contribution >= 0.6 is 22.9 Å². The molecule has 2 aromatic heterocycles. The van der Waals surface area contributed by atoms with E-state index in [-0.39, 0.29) is 5.82 Å². The molecular weight excluding hydrogens is 247 g/mol. The maximum atomic E-state index is 13.0. The van der Waals surface area contributed by atoms with E-state index in [9.17, 15) is 4.39 Å².